The predicted molar refractivity (Wildman–Crippen MR) is 91.9 cm³/mol. The molecule has 1 fully saturated rings. The summed E-state index contributed by atoms with van der Waals surface area (Å²) in [5, 5.41) is 13.2. The van der Waals surface area contributed by atoms with E-state index in [0.717, 1.165) is 25.7 Å². The molecule has 0 bridgehead atoms. The molecule has 0 unspecified atom stereocenters. The number of hydrogen-bond acceptors (Lipinski definition) is 4. The van der Waals surface area contributed by atoms with Crippen LogP contribution in [0.25, 0.3) is 0 Å². The monoisotopic (exact) mass is 354 g/mol. The Balaban J connectivity index is 1.73. The molecule has 3 N–H and O–H groups in total. The fourth-order valence-electron chi connectivity index (χ4n) is 2.90. The highest BCUT2D eigenvalue weighted by Gasteiger charge is 2.28. The quantitative estimate of drug-likeness (QED) is 0.648. The average molecular weight is 354 g/mol. The number of benzene rings is 1. The highest BCUT2D eigenvalue weighted by Crippen LogP contribution is 2.26. The minimum absolute atomic E-state index is 0.0293. The molecule has 0 aromatic heterocycles. The summed E-state index contributed by atoms with van der Waals surface area (Å²) < 4.78 is 26.5. The number of amides is 1. The minimum atomic E-state index is -3.59. The van der Waals surface area contributed by atoms with E-state index in [2.05, 4.69) is 10.0 Å². The third-order valence-corrected chi connectivity index (χ3v) is 5.82. The van der Waals surface area contributed by atoms with Crippen LogP contribution in [0.2, 0.25) is 0 Å². The zero-order valence-electron chi connectivity index (χ0n) is 13.8. The molecule has 0 atom stereocenters. The number of carbonyl (C=O) groups excluding carboxylic acids is 1. The van der Waals surface area contributed by atoms with Gasteiger partial charge in [0, 0.05) is 19.5 Å². The highest BCUT2D eigenvalue weighted by molar-refractivity contribution is 7.89. The summed E-state index contributed by atoms with van der Waals surface area (Å²) in [6.45, 7) is 0.263. The van der Waals surface area contributed by atoms with Crippen molar-refractivity contribution in [2.75, 3.05) is 13.1 Å². The summed E-state index contributed by atoms with van der Waals surface area (Å²) in [6.07, 6.45) is 5.64. The highest BCUT2D eigenvalue weighted by atomic mass is 32.2. The van der Waals surface area contributed by atoms with E-state index < -0.39 is 15.6 Å². The molecule has 2 rings (SSSR count). The second kappa shape index (κ2) is 8.60. The Hall–Kier alpha value is -1.44. The van der Waals surface area contributed by atoms with E-state index in [9.17, 15) is 18.3 Å². The zero-order chi connectivity index (χ0) is 17.5. The molecule has 134 valence electrons. The van der Waals surface area contributed by atoms with Crippen LogP contribution < -0.4 is 10.0 Å². The van der Waals surface area contributed by atoms with Gasteiger partial charge in [-0.3, -0.25) is 4.79 Å². The SMILES string of the molecule is O=C(CCNS(=O)(=O)c1ccccc1)NCC1(O)CCCCCC1. The average Bonchev–Trinajstić information content (AvgIpc) is 2.79. The van der Waals surface area contributed by atoms with Crippen molar-refractivity contribution in [3.63, 3.8) is 0 Å². The predicted octanol–water partition coefficient (Wildman–Crippen LogP) is 1.56. The van der Waals surface area contributed by atoms with E-state index >= 15 is 0 Å². The maximum Gasteiger partial charge on any atom is 0.240 e. The maximum absolute atomic E-state index is 12.0. The zero-order valence-corrected chi connectivity index (χ0v) is 14.6. The Labute approximate surface area is 143 Å². The molecule has 0 spiro atoms. The number of aliphatic hydroxyl groups is 1. The first-order valence-electron chi connectivity index (χ1n) is 8.45. The van der Waals surface area contributed by atoms with Gasteiger partial charge in [0.1, 0.15) is 0 Å². The van der Waals surface area contributed by atoms with E-state index in [0.29, 0.717) is 12.8 Å². The lowest BCUT2D eigenvalue weighted by atomic mass is 9.94. The Kier molecular flexibility index (Phi) is 6.77. The molecule has 1 amide bonds. The summed E-state index contributed by atoms with van der Waals surface area (Å²) >= 11 is 0. The molecule has 1 aromatic rings. The molecule has 7 heteroatoms. The van der Waals surface area contributed by atoms with Gasteiger partial charge >= 0.3 is 0 Å². The van der Waals surface area contributed by atoms with Crippen LogP contribution in [0.1, 0.15) is 44.9 Å². The van der Waals surface area contributed by atoms with Crippen LogP contribution >= 0.6 is 0 Å². The Morgan fingerprint density at radius 1 is 1.08 bits per heavy atom. The van der Waals surface area contributed by atoms with Crippen LogP contribution in [0.15, 0.2) is 35.2 Å². The van der Waals surface area contributed by atoms with Gasteiger partial charge in [0.2, 0.25) is 15.9 Å². The molecule has 24 heavy (non-hydrogen) atoms. The van der Waals surface area contributed by atoms with Crippen molar-refractivity contribution in [2.45, 2.75) is 55.4 Å². The fraction of sp³-hybridized carbons (Fsp3) is 0.588. The van der Waals surface area contributed by atoms with Gasteiger partial charge in [0.15, 0.2) is 0 Å². The standard InChI is InChI=1S/C17H26N2O4S/c20-16(18-14-17(21)11-6-1-2-7-12-17)10-13-19-24(22,23)15-8-4-3-5-9-15/h3-5,8-9,19,21H,1-2,6-7,10-14H2,(H,18,20). The third-order valence-electron chi connectivity index (χ3n) is 4.35. The second-order valence-corrected chi connectivity index (χ2v) is 8.14. The van der Waals surface area contributed by atoms with Crippen LogP contribution in [-0.4, -0.2) is 38.1 Å². The number of rotatable bonds is 7. The molecule has 0 radical (unpaired) electrons. The lowest BCUT2D eigenvalue weighted by molar-refractivity contribution is -0.122. The topological polar surface area (TPSA) is 95.5 Å². The fourth-order valence-corrected chi connectivity index (χ4v) is 3.95. The van der Waals surface area contributed by atoms with Crippen molar-refractivity contribution in [1.82, 2.24) is 10.0 Å². The Bertz CT molecular complexity index is 623. The van der Waals surface area contributed by atoms with Gasteiger partial charge in [-0.15, -0.1) is 0 Å². The Morgan fingerprint density at radius 3 is 2.33 bits per heavy atom. The van der Waals surface area contributed by atoms with E-state index in [4.69, 9.17) is 0 Å². The molecule has 0 saturated heterocycles. The van der Waals surface area contributed by atoms with Gasteiger partial charge < -0.3 is 10.4 Å². The van der Waals surface area contributed by atoms with E-state index in [-0.39, 0.29) is 30.3 Å². The van der Waals surface area contributed by atoms with Crippen molar-refractivity contribution in [3.8, 4) is 0 Å². The normalized spacial score (nSPS) is 17.9. The summed E-state index contributed by atoms with van der Waals surface area (Å²) in [5.41, 5.74) is -0.824. The van der Waals surface area contributed by atoms with Gasteiger partial charge in [-0.2, -0.15) is 0 Å². The van der Waals surface area contributed by atoms with Gasteiger partial charge in [-0.1, -0.05) is 43.9 Å². The van der Waals surface area contributed by atoms with Crippen molar-refractivity contribution in [3.05, 3.63) is 30.3 Å². The van der Waals surface area contributed by atoms with Gasteiger partial charge in [-0.05, 0) is 25.0 Å². The lowest BCUT2D eigenvalue weighted by Gasteiger charge is -2.26. The minimum Gasteiger partial charge on any atom is -0.388 e. The van der Waals surface area contributed by atoms with Gasteiger partial charge in [0.25, 0.3) is 0 Å². The summed E-state index contributed by atoms with van der Waals surface area (Å²) in [6, 6.07) is 8.04. The number of sulfonamides is 1. The first-order valence-corrected chi connectivity index (χ1v) is 9.93. The second-order valence-electron chi connectivity index (χ2n) is 6.38. The van der Waals surface area contributed by atoms with E-state index in [1.807, 2.05) is 0 Å². The third kappa shape index (κ3) is 5.89. The van der Waals surface area contributed by atoms with E-state index in [1.165, 1.54) is 12.1 Å². The molecule has 1 aliphatic carbocycles. The molecule has 1 aromatic carbocycles. The summed E-state index contributed by atoms with van der Waals surface area (Å²) in [4.78, 5) is 12.1. The molecular weight excluding hydrogens is 328 g/mol. The molecule has 1 saturated carbocycles. The van der Waals surface area contributed by atoms with Crippen LogP contribution in [0, 0.1) is 0 Å². The van der Waals surface area contributed by atoms with Crippen LogP contribution in [0.3, 0.4) is 0 Å². The first kappa shape index (κ1) is 18.9. The first-order chi connectivity index (χ1) is 11.4. The molecular formula is C17H26N2O4S. The number of nitrogens with one attached hydrogen (secondary N) is 2. The smallest absolute Gasteiger partial charge is 0.240 e. The molecule has 6 nitrogen and oxygen atoms in total. The summed E-state index contributed by atoms with van der Waals surface area (Å²) in [5.74, 6) is -0.261. The van der Waals surface area contributed by atoms with Crippen LogP contribution in [0.4, 0.5) is 0 Å². The van der Waals surface area contributed by atoms with Crippen molar-refractivity contribution in [2.24, 2.45) is 0 Å². The maximum atomic E-state index is 12.0. The van der Waals surface area contributed by atoms with Crippen molar-refractivity contribution in [1.29, 1.82) is 0 Å². The van der Waals surface area contributed by atoms with Gasteiger partial charge in [-0.25, -0.2) is 13.1 Å². The largest absolute Gasteiger partial charge is 0.388 e. The van der Waals surface area contributed by atoms with Crippen molar-refractivity contribution < 1.29 is 18.3 Å². The van der Waals surface area contributed by atoms with E-state index in [1.54, 1.807) is 18.2 Å². The molecule has 1 aliphatic rings. The van der Waals surface area contributed by atoms with Crippen LogP contribution in [-0.2, 0) is 14.8 Å². The summed E-state index contributed by atoms with van der Waals surface area (Å²) in [7, 11) is -3.59. The molecule has 0 heterocycles. The van der Waals surface area contributed by atoms with Crippen LogP contribution in [0.5, 0.6) is 0 Å². The van der Waals surface area contributed by atoms with Crippen molar-refractivity contribution >= 4 is 15.9 Å². The number of hydrogen-bond donors (Lipinski definition) is 3. The molecule has 0 aliphatic heterocycles. The Morgan fingerprint density at radius 2 is 1.71 bits per heavy atom. The van der Waals surface area contributed by atoms with Gasteiger partial charge in [0.05, 0.1) is 10.5 Å². The number of carbonyl (C=O) groups is 1. The lowest BCUT2D eigenvalue weighted by Crippen LogP contribution is -2.43.